The number of unbranched alkanes of at least 4 members (excludes halogenated alkanes) is 3. The molecule has 0 atom stereocenters. The Morgan fingerprint density at radius 1 is 1.12 bits per heavy atom. The number of anilines is 1. The lowest BCUT2D eigenvalue weighted by Gasteiger charge is -2.12. The van der Waals surface area contributed by atoms with Crippen LogP contribution in [0.1, 0.15) is 53.3 Å². The molecule has 5 nitrogen and oxygen atoms in total. The number of halogens is 1. The maximum Gasteiger partial charge on any atom is 0.335 e. The fourth-order valence-corrected chi connectivity index (χ4v) is 2.81. The lowest BCUT2D eigenvalue weighted by Crippen LogP contribution is -2.14. The van der Waals surface area contributed by atoms with Crippen LogP contribution in [0, 0.1) is 0 Å². The van der Waals surface area contributed by atoms with Crippen molar-refractivity contribution in [2.75, 3.05) is 11.9 Å². The Bertz CT molecular complexity index is 776. The van der Waals surface area contributed by atoms with Crippen molar-refractivity contribution in [3.05, 3.63) is 58.1 Å². The van der Waals surface area contributed by atoms with E-state index in [2.05, 4.69) is 28.2 Å². The molecule has 1 amide bonds. The summed E-state index contributed by atoms with van der Waals surface area (Å²) in [5, 5.41) is 11.8. The zero-order chi connectivity index (χ0) is 18.9. The van der Waals surface area contributed by atoms with Gasteiger partial charge in [-0.3, -0.25) is 4.79 Å². The monoisotopic (exact) mass is 419 g/mol. The normalized spacial score (nSPS) is 10.4. The van der Waals surface area contributed by atoms with Crippen LogP contribution in [0.15, 0.2) is 46.9 Å². The number of amides is 1. The molecule has 0 saturated heterocycles. The third-order valence-electron chi connectivity index (χ3n) is 3.81. The van der Waals surface area contributed by atoms with Crippen molar-refractivity contribution in [3.8, 4) is 5.75 Å². The van der Waals surface area contributed by atoms with Crippen LogP contribution in [0.25, 0.3) is 0 Å². The standard InChI is InChI=1S/C20H22BrNO4/c1-2-3-4-5-11-26-18-10-9-15(21)13-17(18)19(23)22-16-8-6-7-14(12-16)20(24)25/h6-10,12-13H,2-5,11H2,1H3,(H,22,23)(H,24,25). The highest BCUT2D eigenvalue weighted by Gasteiger charge is 2.14. The van der Waals surface area contributed by atoms with E-state index < -0.39 is 5.97 Å². The van der Waals surface area contributed by atoms with Gasteiger partial charge >= 0.3 is 5.97 Å². The zero-order valence-corrected chi connectivity index (χ0v) is 16.2. The average Bonchev–Trinajstić information content (AvgIpc) is 2.62. The number of hydrogen-bond donors (Lipinski definition) is 2. The predicted octanol–water partition coefficient (Wildman–Crippen LogP) is 5.36. The molecule has 0 aliphatic carbocycles. The van der Waals surface area contributed by atoms with Gasteiger partial charge in [0.25, 0.3) is 5.91 Å². The smallest absolute Gasteiger partial charge is 0.335 e. The van der Waals surface area contributed by atoms with E-state index in [-0.39, 0.29) is 11.5 Å². The van der Waals surface area contributed by atoms with E-state index in [4.69, 9.17) is 9.84 Å². The number of benzene rings is 2. The number of aromatic carboxylic acids is 1. The number of carboxylic acid groups (broad SMARTS) is 1. The van der Waals surface area contributed by atoms with Crippen LogP contribution in [0.4, 0.5) is 5.69 Å². The highest BCUT2D eigenvalue weighted by Crippen LogP contribution is 2.25. The first kappa shape index (κ1) is 20.0. The molecule has 0 unspecified atom stereocenters. The lowest BCUT2D eigenvalue weighted by atomic mass is 10.1. The third kappa shape index (κ3) is 5.88. The second-order valence-electron chi connectivity index (χ2n) is 5.89. The number of rotatable bonds is 9. The second-order valence-corrected chi connectivity index (χ2v) is 6.81. The van der Waals surface area contributed by atoms with Crippen LogP contribution >= 0.6 is 15.9 Å². The van der Waals surface area contributed by atoms with Gasteiger partial charge in [0.05, 0.1) is 17.7 Å². The number of hydrogen-bond acceptors (Lipinski definition) is 3. The van der Waals surface area contributed by atoms with E-state index in [9.17, 15) is 9.59 Å². The summed E-state index contributed by atoms with van der Waals surface area (Å²) in [7, 11) is 0. The van der Waals surface area contributed by atoms with Gasteiger partial charge in [-0.15, -0.1) is 0 Å². The molecule has 0 heterocycles. The van der Waals surface area contributed by atoms with Gasteiger partial charge in [-0.25, -0.2) is 4.79 Å². The predicted molar refractivity (Wildman–Crippen MR) is 105 cm³/mol. The fourth-order valence-electron chi connectivity index (χ4n) is 2.44. The van der Waals surface area contributed by atoms with Gasteiger partial charge in [0.1, 0.15) is 5.75 Å². The Morgan fingerprint density at radius 2 is 1.92 bits per heavy atom. The second kappa shape index (κ2) is 9.97. The summed E-state index contributed by atoms with van der Waals surface area (Å²) in [6, 6.07) is 11.4. The molecule has 6 heteroatoms. The van der Waals surface area contributed by atoms with E-state index in [1.807, 2.05) is 6.07 Å². The van der Waals surface area contributed by atoms with E-state index >= 15 is 0 Å². The van der Waals surface area contributed by atoms with Crippen molar-refractivity contribution in [1.82, 2.24) is 0 Å². The van der Waals surface area contributed by atoms with E-state index in [0.717, 1.165) is 30.2 Å². The molecule has 0 spiro atoms. The minimum atomic E-state index is -1.04. The van der Waals surface area contributed by atoms with Crippen molar-refractivity contribution in [2.45, 2.75) is 32.6 Å². The summed E-state index contributed by atoms with van der Waals surface area (Å²) in [4.78, 5) is 23.7. The topological polar surface area (TPSA) is 75.6 Å². The quantitative estimate of drug-likeness (QED) is 0.536. The van der Waals surface area contributed by atoms with Crippen LogP contribution in [0.3, 0.4) is 0 Å². The van der Waals surface area contributed by atoms with Crippen LogP contribution in [-0.4, -0.2) is 23.6 Å². The summed E-state index contributed by atoms with van der Waals surface area (Å²) in [5.41, 5.74) is 0.934. The SMILES string of the molecule is CCCCCCOc1ccc(Br)cc1C(=O)Nc1cccc(C(=O)O)c1. The van der Waals surface area contributed by atoms with Gasteiger partial charge < -0.3 is 15.2 Å². The number of carbonyl (C=O) groups is 2. The maximum absolute atomic E-state index is 12.6. The number of ether oxygens (including phenoxy) is 1. The molecule has 0 aromatic heterocycles. The first-order chi connectivity index (χ1) is 12.5. The van der Waals surface area contributed by atoms with Crippen molar-refractivity contribution in [3.63, 3.8) is 0 Å². The summed E-state index contributed by atoms with van der Waals surface area (Å²) in [6.45, 7) is 2.70. The molecule has 2 N–H and O–H groups in total. The Morgan fingerprint density at radius 3 is 2.65 bits per heavy atom. The Hall–Kier alpha value is -2.34. The summed E-state index contributed by atoms with van der Waals surface area (Å²) < 4.78 is 6.55. The largest absolute Gasteiger partial charge is 0.493 e. The molecule has 2 aromatic carbocycles. The van der Waals surface area contributed by atoms with Crippen LogP contribution < -0.4 is 10.1 Å². The van der Waals surface area contributed by atoms with E-state index in [0.29, 0.717) is 23.6 Å². The van der Waals surface area contributed by atoms with Crippen molar-refractivity contribution < 1.29 is 19.4 Å². The molecular weight excluding hydrogens is 398 g/mol. The van der Waals surface area contributed by atoms with Crippen molar-refractivity contribution in [2.24, 2.45) is 0 Å². The zero-order valence-electron chi connectivity index (χ0n) is 14.6. The minimum absolute atomic E-state index is 0.115. The number of nitrogens with one attached hydrogen (secondary N) is 1. The van der Waals surface area contributed by atoms with Gasteiger partial charge in [-0.1, -0.05) is 48.2 Å². The van der Waals surface area contributed by atoms with Gasteiger partial charge in [-0.05, 0) is 42.8 Å². The first-order valence-electron chi connectivity index (χ1n) is 8.58. The molecule has 2 aromatic rings. The molecule has 26 heavy (non-hydrogen) atoms. The molecule has 0 aliphatic heterocycles. The molecule has 0 radical (unpaired) electrons. The summed E-state index contributed by atoms with van der Waals surface area (Å²) in [5.74, 6) is -0.881. The van der Waals surface area contributed by atoms with Crippen molar-refractivity contribution in [1.29, 1.82) is 0 Å². The Kier molecular flexibility index (Phi) is 7.66. The highest BCUT2D eigenvalue weighted by molar-refractivity contribution is 9.10. The van der Waals surface area contributed by atoms with Crippen molar-refractivity contribution >= 4 is 33.5 Å². The average molecular weight is 420 g/mol. The van der Waals surface area contributed by atoms with Gasteiger partial charge in [-0.2, -0.15) is 0 Å². The van der Waals surface area contributed by atoms with E-state index in [1.165, 1.54) is 12.1 Å². The Labute approximate surface area is 161 Å². The third-order valence-corrected chi connectivity index (χ3v) is 4.30. The molecule has 0 aliphatic rings. The molecule has 0 saturated carbocycles. The molecule has 138 valence electrons. The molecular formula is C20H22BrNO4. The molecule has 0 bridgehead atoms. The van der Waals surface area contributed by atoms with Gasteiger partial charge in [0.2, 0.25) is 0 Å². The number of carboxylic acids is 1. The Balaban J connectivity index is 2.10. The number of carbonyl (C=O) groups excluding carboxylic acids is 1. The van der Waals surface area contributed by atoms with E-state index in [1.54, 1.807) is 24.3 Å². The van der Waals surface area contributed by atoms with Crippen LogP contribution in [0.2, 0.25) is 0 Å². The molecule has 2 rings (SSSR count). The fraction of sp³-hybridized carbons (Fsp3) is 0.300. The molecule has 0 fully saturated rings. The first-order valence-corrected chi connectivity index (χ1v) is 9.37. The minimum Gasteiger partial charge on any atom is -0.493 e. The lowest BCUT2D eigenvalue weighted by molar-refractivity contribution is 0.0696. The highest BCUT2D eigenvalue weighted by atomic mass is 79.9. The maximum atomic E-state index is 12.6. The summed E-state index contributed by atoms with van der Waals surface area (Å²) in [6.07, 6.45) is 4.35. The summed E-state index contributed by atoms with van der Waals surface area (Å²) >= 11 is 3.37. The van der Waals surface area contributed by atoms with Crippen LogP contribution in [0.5, 0.6) is 5.75 Å². The van der Waals surface area contributed by atoms with Gasteiger partial charge in [0, 0.05) is 10.2 Å². The van der Waals surface area contributed by atoms with Gasteiger partial charge in [0.15, 0.2) is 0 Å². The van der Waals surface area contributed by atoms with Crippen LogP contribution in [-0.2, 0) is 0 Å².